The first-order valence-corrected chi connectivity index (χ1v) is 7.42. The fourth-order valence-electron chi connectivity index (χ4n) is 1.33. The Kier molecular flexibility index (Phi) is 5.99. The monoisotopic (exact) mass is 300 g/mol. The highest BCUT2D eigenvalue weighted by atomic mass is 31.2. The molecule has 0 spiro atoms. The van der Waals surface area contributed by atoms with Crippen LogP contribution < -0.4 is 4.52 Å². The van der Waals surface area contributed by atoms with Gasteiger partial charge in [-0.3, -0.25) is 10.1 Å². The van der Waals surface area contributed by atoms with Gasteiger partial charge in [0, 0.05) is 23.6 Å². The quantitative estimate of drug-likeness (QED) is 0.181. The summed E-state index contributed by atoms with van der Waals surface area (Å²) < 4.78 is 22.6. The zero-order valence-corrected chi connectivity index (χ0v) is 11.6. The molecule has 108 valence electrons. The minimum atomic E-state index is -3.44. The molecule has 1 aromatic carbocycles. The van der Waals surface area contributed by atoms with E-state index in [4.69, 9.17) is 14.6 Å². The summed E-state index contributed by atoms with van der Waals surface area (Å²) in [6.07, 6.45) is -0.0676. The van der Waals surface area contributed by atoms with Crippen molar-refractivity contribution in [1.29, 1.82) is 0 Å². The van der Waals surface area contributed by atoms with Crippen molar-refractivity contribution in [3.8, 4) is 5.75 Å². The summed E-state index contributed by atoms with van der Waals surface area (Å²) in [6.45, 7) is 1.79. The number of azide groups is 1. The van der Waals surface area contributed by atoms with E-state index in [-0.39, 0.29) is 30.8 Å². The molecule has 0 aliphatic rings. The molecule has 0 aromatic heterocycles. The number of nitro groups is 1. The Morgan fingerprint density at radius 3 is 2.60 bits per heavy atom. The van der Waals surface area contributed by atoms with E-state index < -0.39 is 12.5 Å². The molecule has 0 saturated heterocycles. The van der Waals surface area contributed by atoms with Crippen molar-refractivity contribution in [3.05, 3.63) is 44.8 Å². The van der Waals surface area contributed by atoms with Crippen molar-refractivity contribution >= 4 is 13.3 Å². The lowest BCUT2D eigenvalue weighted by atomic mass is 10.3. The average Bonchev–Trinajstić information content (AvgIpc) is 2.39. The number of hydrogen-bond donors (Lipinski definition) is 0. The molecular formula is C10H13N4O5P. The van der Waals surface area contributed by atoms with Gasteiger partial charge in [0.05, 0.1) is 17.7 Å². The maximum atomic E-state index is 12.3. The molecule has 10 heteroatoms. The number of nitro benzene ring substituents is 1. The van der Waals surface area contributed by atoms with Crippen LogP contribution in [0.15, 0.2) is 29.4 Å². The molecule has 0 radical (unpaired) electrons. The number of non-ortho nitro benzene ring substituents is 1. The smallest absolute Gasteiger partial charge is 0.379 e. The fraction of sp³-hybridized carbons (Fsp3) is 0.400. The Labute approximate surface area is 114 Å². The molecule has 0 bridgehead atoms. The number of benzene rings is 1. The van der Waals surface area contributed by atoms with E-state index in [2.05, 4.69) is 10.0 Å². The molecule has 1 aromatic rings. The van der Waals surface area contributed by atoms with E-state index >= 15 is 0 Å². The largest absolute Gasteiger partial charge is 0.424 e. The number of hydrogen-bond acceptors (Lipinski definition) is 6. The normalized spacial score (nSPS) is 13.1. The van der Waals surface area contributed by atoms with Crippen LogP contribution in [0.1, 0.15) is 6.92 Å². The maximum Gasteiger partial charge on any atom is 0.379 e. The van der Waals surface area contributed by atoms with Gasteiger partial charge in [-0.15, -0.1) is 0 Å². The highest BCUT2D eigenvalue weighted by Gasteiger charge is 2.25. The van der Waals surface area contributed by atoms with Crippen molar-refractivity contribution in [2.75, 3.05) is 19.3 Å². The molecule has 1 unspecified atom stereocenters. The molecule has 0 heterocycles. The van der Waals surface area contributed by atoms with Gasteiger partial charge >= 0.3 is 7.60 Å². The SMILES string of the molecule is CCOP(=O)(CCN=[N+]=[N-])Oc1ccc([N+](=O)[O-])cc1. The van der Waals surface area contributed by atoms with E-state index in [0.717, 1.165) is 0 Å². The van der Waals surface area contributed by atoms with Gasteiger partial charge in [-0.2, -0.15) is 0 Å². The summed E-state index contributed by atoms with van der Waals surface area (Å²) in [4.78, 5) is 12.5. The maximum absolute atomic E-state index is 12.3. The van der Waals surface area contributed by atoms with Crippen LogP contribution in [0.25, 0.3) is 10.4 Å². The molecule has 9 nitrogen and oxygen atoms in total. The molecule has 1 rings (SSSR count). The van der Waals surface area contributed by atoms with Crippen LogP contribution in [0, 0.1) is 10.1 Å². The van der Waals surface area contributed by atoms with Crippen molar-refractivity contribution in [2.24, 2.45) is 5.11 Å². The lowest BCUT2D eigenvalue weighted by molar-refractivity contribution is -0.384. The molecular weight excluding hydrogens is 287 g/mol. The third-order valence-electron chi connectivity index (χ3n) is 2.15. The van der Waals surface area contributed by atoms with Gasteiger partial charge in [0.15, 0.2) is 0 Å². The van der Waals surface area contributed by atoms with Crippen LogP contribution in [0.5, 0.6) is 5.75 Å². The minimum Gasteiger partial charge on any atom is -0.424 e. The Hall–Kier alpha value is -2.08. The van der Waals surface area contributed by atoms with Gasteiger partial charge in [0.2, 0.25) is 0 Å². The van der Waals surface area contributed by atoms with Gasteiger partial charge in [-0.25, -0.2) is 4.57 Å². The minimum absolute atomic E-state index is 0.0270. The summed E-state index contributed by atoms with van der Waals surface area (Å²) >= 11 is 0. The summed E-state index contributed by atoms with van der Waals surface area (Å²) in [5, 5.41) is 13.8. The lowest BCUT2D eigenvalue weighted by Gasteiger charge is -2.17. The van der Waals surface area contributed by atoms with Crippen LogP contribution in [-0.4, -0.2) is 24.2 Å². The predicted octanol–water partition coefficient (Wildman–Crippen LogP) is 3.51. The summed E-state index contributed by atoms with van der Waals surface area (Å²) in [6, 6.07) is 5.13. The van der Waals surface area contributed by atoms with Gasteiger partial charge in [0.1, 0.15) is 5.75 Å². The lowest BCUT2D eigenvalue weighted by Crippen LogP contribution is -2.04. The first-order valence-electron chi connectivity index (χ1n) is 5.69. The zero-order chi connectivity index (χ0) is 15.0. The summed E-state index contributed by atoms with van der Waals surface area (Å²) in [5.41, 5.74) is 8.09. The Morgan fingerprint density at radius 2 is 2.10 bits per heavy atom. The van der Waals surface area contributed by atoms with Crippen LogP contribution in [0.3, 0.4) is 0 Å². The third-order valence-corrected chi connectivity index (χ3v) is 4.04. The molecule has 1 atom stereocenters. The molecule has 0 amide bonds. The fourth-order valence-corrected chi connectivity index (χ4v) is 2.78. The van der Waals surface area contributed by atoms with E-state index in [0.29, 0.717) is 0 Å². The van der Waals surface area contributed by atoms with E-state index in [1.807, 2.05) is 0 Å². The predicted molar refractivity (Wildman–Crippen MR) is 71.8 cm³/mol. The molecule has 0 aliphatic carbocycles. The van der Waals surface area contributed by atoms with Crippen LogP contribution in [0.2, 0.25) is 0 Å². The van der Waals surface area contributed by atoms with Crippen molar-refractivity contribution < 1.29 is 18.5 Å². The van der Waals surface area contributed by atoms with Crippen LogP contribution in [-0.2, 0) is 9.09 Å². The number of rotatable bonds is 8. The Balaban J connectivity index is 2.81. The summed E-state index contributed by atoms with van der Waals surface area (Å²) in [7, 11) is -3.44. The highest BCUT2D eigenvalue weighted by molar-refractivity contribution is 7.54. The molecule has 0 fully saturated rings. The van der Waals surface area contributed by atoms with Gasteiger partial charge < -0.3 is 9.05 Å². The van der Waals surface area contributed by atoms with Crippen LogP contribution in [0.4, 0.5) is 5.69 Å². The average molecular weight is 300 g/mol. The Morgan fingerprint density at radius 1 is 1.45 bits per heavy atom. The van der Waals surface area contributed by atoms with Crippen molar-refractivity contribution in [2.45, 2.75) is 6.92 Å². The van der Waals surface area contributed by atoms with Gasteiger partial charge in [-0.05, 0) is 24.6 Å². The standard InChI is InChI=1S/C10H13N4O5P/c1-2-18-20(17,8-7-12-13-11)19-10-5-3-9(4-6-10)14(15)16/h3-6H,2,7-8H2,1H3. The first kappa shape index (κ1) is 16.0. The molecule has 0 aliphatic heterocycles. The second-order valence-corrected chi connectivity index (χ2v) is 5.66. The molecule has 0 N–H and O–H groups in total. The van der Waals surface area contributed by atoms with Crippen molar-refractivity contribution in [3.63, 3.8) is 0 Å². The van der Waals surface area contributed by atoms with E-state index in [1.54, 1.807) is 6.92 Å². The molecule has 20 heavy (non-hydrogen) atoms. The van der Waals surface area contributed by atoms with Crippen LogP contribution >= 0.6 is 7.60 Å². The van der Waals surface area contributed by atoms with E-state index in [1.165, 1.54) is 24.3 Å². The van der Waals surface area contributed by atoms with Gasteiger partial charge in [0.25, 0.3) is 5.69 Å². The van der Waals surface area contributed by atoms with Crippen molar-refractivity contribution in [1.82, 2.24) is 0 Å². The highest BCUT2D eigenvalue weighted by Crippen LogP contribution is 2.48. The van der Waals surface area contributed by atoms with E-state index in [9.17, 15) is 14.7 Å². The van der Waals surface area contributed by atoms with Gasteiger partial charge in [-0.1, -0.05) is 5.11 Å². The second-order valence-electron chi connectivity index (χ2n) is 3.55. The first-order chi connectivity index (χ1) is 9.50. The second kappa shape index (κ2) is 7.49. The third kappa shape index (κ3) is 4.89. The number of nitrogens with zero attached hydrogens (tertiary/aromatic N) is 4. The zero-order valence-electron chi connectivity index (χ0n) is 10.7. The Bertz CT molecular complexity index is 555. The molecule has 0 saturated carbocycles. The summed E-state index contributed by atoms with van der Waals surface area (Å²) in [5.74, 6) is 0.188. The topological polar surface area (TPSA) is 127 Å².